The van der Waals surface area contributed by atoms with Gasteiger partial charge in [-0.15, -0.1) is 0 Å². The van der Waals surface area contributed by atoms with E-state index in [1.165, 1.54) is 0 Å². The molecule has 0 radical (unpaired) electrons. The molecule has 4 nitrogen and oxygen atoms in total. The zero-order chi connectivity index (χ0) is 14.4. The molecule has 2 rings (SSSR count). The van der Waals surface area contributed by atoms with Crippen molar-refractivity contribution in [3.63, 3.8) is 0 Å². The molecule has 2 unspecified atom stereocenters. The van der Waals surface area contributed by atoms with Gasteiger partial charge in [0.25, 0.3) is 0 Å². The first kappa shape index (κ1) is 14.3. The lowest BCUT2D eigenvalue weighted by molar-refractivity contribution is -0.137. The van der Waals surface area contributed by atoms with E-state index in [2.05, 4.69) is 5.32 Å². The molecule has 2 aromatic rings. The summed E-state index contributed by atoms with van der Waals surface area (Å²) in [5.74, 6) is 0.0614. The van der Waals surface area contributed by atoms with Gasteiger partial charge in [-0.2, -0.15) is 0 Å². The minimum Gasteiger partial charge on any atom is -0.481 e. The van der Waals surface area contributed by atoms with E-state index in [0.29, 0.717) is 6.42 Å². The zero-order valence-electron chi connectivity index (χ0n) is 11.5. The molecule has 2 N–H and O–H groups in total. The largest absolute Gasteiger partial charge is 0.481 e. The minimum absolute atomic E-state index is 0.0602. The van der Waals surface area contributed by atoms with Crippen LogP contribution < -0.4 is 5.32 Å². The first-order chi connectivity index (χ1) is 9.66. The van der Waals surface area contributed by atoms with Crippen LogP contribution in [0, 0.1) is 0 Å². The summed E-state index contributed by atoms with van der Waals surface area (Å²) in [6.07, 6.45) is 2.39. The number of carboxylic acids is 1. The molecule has 0 spiro atoms. The van der Waals surface area contributed by atoms with Crippen molar-refractivity contribution < 1.29 is 14.3 Å². The van der Waals surface area contributed by atoms with Gasteiger partial charge in [0.05, 0.1) is 12.3 Å². The van der Waals surface area contributed by atoms with Gasteiger partial charge in [-0.1, -0.05) is 30.3 Å². The third-order valence-electron chi connectivity index (χ3n) is 3.20. The smallest absolute Gasteiger partial charge is 0.303 e. The average Bonchev–Trinajstić information content (AvgIpc) is 2.97. The second-order valence-corrected chi connectivity index (χ2v) is 4.86. The molecule has 106 valence electrons. The van der Waals surface area contributed by atoms with Gasteiger partial charge in [-0.3, -0.25) is 4.79 Å². The quantitative estimate of drug-likeness (QED) is 0.813. The summed E-state index contributed by atoms with van der Waals surface area (Å²) in [5, 5.41) is 12.2. The highest BCUT2D eigenvalue weighted by molar-refractivity contribution is 5.66. The monoisotopic (exact) mass is 273 g/mol. The van der Waals surface area contributed by atoms with E-state index in [1.807, 2.05) is 49.4 Å². The van der Waals surface area contributed by atoms with Crippen LogP contribution >= 0.6 is 0 Å². The Morgan fingerprint density at radius 1 is 1.25 bits per heavy atom. The van der Waals surface area contributed by atoms with Crippen LogP contribution in [-0.2, 0) is 4.79 Å². The normalized spacial score (nSPS) is 13.8. The Morgan fingerprint density at radius 3 is 2.60 bits per heavy atom. The third kappa shape index (κ3) is 3.96. The van der Waals surface area contributed by atoms with Gasteiger partial charge in [-0.05, 0) is 31.0 Å². The number of nitrogens with one attached hydrogen (secondary N) is 1. The van der Waals surface area contributed by atoms with Gasteiger partial charge in [0.2, 0.25) is 0 Å². The van der Waals surface area contributed by atoms with Crippen LogP contribution in [0.4, 0.5) is 0 Å². The molecular formula is C16H19NO3. The van der Waals surface area contributed by atoms with Gasteiger partial charge in [-0.25, -0.2) is 0 Å². The van der Waals surface area contributed by atoms with Crippen LogP contribution in [0.2, 0.25) is 0 Å². The van der Waals surface area contributed by atoms with Gasteiger partial charge < -0.3 is 14.8 Å². The maximum absolute atomic E-state index is 10.6. The van der Waals surface area contributed by atoms with Gasteiger partial charge in [0.1, 0.15) is 5.76 Å². The van der Waals surface area contributed by atoms with Crippen LogP contribution in [0.3, 0.4) is 0 Å². The molecule has 0 saturated heterocycles. The Hall–Kier alpha value is -2.07. The Balaban J connectivity index is 2.10. The predicted octanol–water partition coefficient (Wildman–Crippen LogP) is 3.21. The summed E-state index contributed by atoms with van der Waals surface area (Å²) in [6, 6.07) is 13.8. The second-order valence-electron chi connectivity index (χ2n) is 4.86. The lowest BCUT2D eigenvalue weighted by Gasteiger charge is -2.22. The highest BCUT2D eigenvalue weighted by Gasteiger charge is 2.19. The number of carboxylic acid groups (broad SMARTS) is 1. The number of hydrogen-bond donors (Lipinski definition) is 2. The number of aliphatic carboxylic acids is 1. The molecule has 4 heteroatoms. The lowest BCUT2D eigenvalue weighted by atomic mass is 10.0. The van der Waals surface area contributed by atoms with Crippen molar-refractivity contribution >= 4 is 5.97 Å². The summed E-state index contributed by atoms with van der Waals surface area (Å²) in [5.41, 5.74) is 1.10. The van der Waals surface area contributed by atoms with E-state index in [-0.39, 0.29) is 18.5 Å². The Bertz CT molecular complexity index is 522. The van der Waals surface area contributed by atoms with E-state index >= 15 is 0 Å². The second kappa shape index (κ2) is 6.91. The van der Waals surface area contributed by atoms with Crippen molar-refractivity contribution in [2.45, 2.75) is 31.8 Å². The van der Waals surface area contributed by atoms with Crippen LogP contribution in [0.1, 0.15) is 37.1 Å². The van der Waals surface area contributed by atoms with Crippen LogP contribution in [0.25, 0.3) is 0 Å². The van der Waals surface area contributed by atoms with Crippen molar-refractivity contribution in [1.82, 2.24) is 5.32 Å². The zero-order valence-corrected chi connectivity index (χ0v) is 11.5. The highest BCUT2D eigenvalue weighted by atomic mass is 16.4. The average molecular weight is 273 g/mol. The summed E-state index contributed by atoms with van der Waals surface area (Å²) in [6.45, 7) is 1.99. The third-order valence-corrected chi connectivity index (χ3v) is 3.20. The SMILES string of the molecule is CC(CCC(=O)O)NC(c1ccccc1)c1ccco1. The maximum atomic E-state index is 10.6. The fraction of sp³-hybridized carbons (Fsp3) is 0.312. The van der Waals surface area contributed by atoms with E-state index in [4.69, 9.17) is 9.52 Å². The van der Waals surface area contributed by atoms with E-state index in [9.17, 15) is 4.79 Å². The molecule has 0 saturated carbocycles. The topological polar surface area (TPSA) is 62.5 Å². The molecule has 1 aromatic heterocycles. The van der Waals surface area contributed by atoms with Crippen molar-refractivity contribution in [2.24, 2.45) is 0 Å². The molecular weight excluding hydrogens is 254 g/mol. The Morgan fingerprint density at radius 2 is 2.00 bits per heavy atom. The summed E-state index contributed by atoms with van der Waals surface area (Å²) in [7, 11) is 0. The van der Waals surface area contributed by atoms with Crippen LogP contribution in [-0.4, -0.2) is 17.1 Å². The Labute approximate surface area is 118 Å². The summed E-state index contributed by atoms with van der Waals surface area (Å²) >= 11 is 0. The molecule has 0 aliphatic rings. The number of hydrogen-bond acceptors (Lipinski definition) is 3. The van der Waals surface area contributed by atoms with Crippen molar-refractivity contribution in [1.29, 1.82) is 0 Å². The molecule has 1 aromatic carbocycles. The van der Waals surface area contributed by atoms with E-state index in [1.54, 1.807) is 6.26 Å². The molecule has 0 aliphatic heterocycles. The fourth-order valence-electron chi connectivity index (χ4n) is 2.15. The standard InChI is InChI=1S/C16H19NO3/c1-12(9-10-15(18)19)17-16(14-8-5-11-20-14)13-6-3-2-4-7-13/h2-8,11-12,16-17H,9-10H2,1H3,(H,18,19). The number of carbonyl (C=O) groups is 1. The van der Waals surface area contributed by atoms with Gasteiger partial charge in [0.15, 0.2) is 0 Å². The molecule has 0 fully saturated rings. The molecule has 1 heterocycles. The van der Waals surface area contributed by atoms with E-state index in [0.717, 1.165) is 11.3 Å². The molecule has 0 aliphatic carbocycles. The van der Waals surface area contributed by atoms with Gasteiger partial charge >= 0.3 is 5.97 Å². The molecule has 0 bridgehead atoms. The predicted molar refractivity (Wildman–Crippen MR) is 76.5 cm³/mol. The lowest BCUT2D eigenvalue weighted by Crippen LogP contribution is -2.31. The van der Waals surface area contributed by atoms with Crippen LogP contribution in [0.5, 0.6) is 0 Å². The highest BCUT2D eigenvalue weighted by Crippen LogP contribution is 2.23. The Kier molecular flexibility index (Phi) is 4.96. The first-order valence-electron chi connectivity index (χ1n) is 6.73. The van der Waals surface area contributed by atoms with Crippen LogP contribution in [0.15, 0.2) is 53.1 Å². The number of benzene rings is 1. The molecule has 0 amide bonds. The van der Waals surface area contributed by atoms with Gasteiger partial charge in [0, 0.05) is 12.5 Å². The summed E-state index contributed by atoms with van der Waals surface area (Å²) in [4.78, 5) is 10.6. The number of rotatable bonds is 7. The van der Waals surface area contributed by atoms with Crippen molar-refractivity contribution in [3.8, 4) is 0 Å². The molecule has 20 heavy (non-hydrogen) atoms. The van der Waals surface area contributed by atoms with Crippen molar-refractivity contribution in [2.75, 3.05) is 0 Å². The number of furan rings is 1. The maximum Gasteiger partial charge on any atom is 0.303 e. The fourth-order valence-corrected chi connectivity index (χ4v) is 2.15. The minimum atomic E-state index is -0.770. The van der Waals surface area contributed by atoms with Crippen molar-refractivity contribution in [3.05, 3.63) is 60.1 Å². The van der Waals surface area contributed by atoms with E-state index < -0.39 is 5.97 Å². The summed E-state index contributed by atoms with van der Waals surface area (Å²) < 4.78 is 5.50. The first-order valence-corrected chi connectivity index (χ1v) is 6.73. The molecule has 2 atom stereocenters.